The van der Waals surface area contributed by atoms with Crippen LogP contribution in [0.5, 0.6) is 0 Å². The summed E-state index contributed by atoms with van der Waals surface area (Å²) in [7, 11) is 0. The fraction of sp³-hybridized carbons (Fsp3) is 0. The Hall–Kier alpha value is -2.56. The van der Waals surface area contributed by atoms with Gasteiger partial charge in [-0.05, 0) is 29.3 Å². The Bertz CT molecular complexity index is 665. The number of benzene rings is 2. The van der Waals surface area contributed by atoms with Gasteiger partial charge in [-0.2, -0.15) is 0 Å². The normalized spacial score (nSPS) is 10.2. The number of carboxylic acid groups (broad SMARTS) is 1. The number of ketones is 1. The molecule has 2 rings (SSSR count). The van der Waals surface area contributed by atoms with Gasteiger partial charge in [0, 0.05) is 5.56 Å². The Morgan fingerprint density at radius 3 is 2.21 bits per heavy atom. The molecule has 0 heterocycles. The highest BCUT2D eigenvalue weighted by molar-refractivity contribution is 6.39. The quantitative estimate of drug-likeness (QED) is 0.683. The van der Waals surface area contributed by atoms with Gasteiger partial charge in [0.15, 0.2) is 11.6 Å². The Labute approximate surface area is 107 Å². The van der Waals surface area contributed by atoms with Crippen LogP contribution in [0.2, 0.25) is 0 Å². The van der Waals surface area contributed by atoms with Crippen molar-refractivity contribution < 1.29 is 23.5 Å². The Morgan fingerprint density at radius 1 is 0.895 bits per heavy atom. The molecule has 0 aromatic heterocycles. The molecule has 0 amide bonds. The highest BCUT2D eigenvalue weighted by atomic mass is 19.2. The van der Waals surface area contributed by atoms with Crippen LogP contribution in [0.4, 0.5) is 8.78 Å². The van der Waals surface area contributed by atoms with Crippen LogP contribution in [0, 0.1) is 11.6 Å². The first kappa shape index (κ1) is 12.9. The van der Waals surface area contributed by atoms with E-state index in [0.29, 0.717) is 11.1 Å². The molecule has 0 aliphatic rings. The van der Waals surface area contributed by atoms with E-state index in [1.807, 2.05) is 0 Å². The van der Waals surface area contributed by atoms with Gasteiger partial charge in [0.25, 0.3) is 5.78 Å². The summed E-state index contributed by atoms with van der Waals surface area (Å²) in [6.45, 7) is 0. The molecule has 1 N–H and O–H groups in total. The van der Waals surface area contributed by atoms with Crippen LogP contribution in [0.1, 0.15) is 10.4 Å². The molecule has 0 fully saturated rings. The van der Waals surface area contributed by atoms with E-state index < -0.39 is 23.4 Å². The predicted octanol–water partition coefficient (Wildman–Crippen LogP) is 2.90. The highest BCUT2D eigenvalue weighted by Crippen LogP contribution is 2.22. The number of hydrogen-bond donors (Lipinski definition) is 1. The molecule has 0 saturated heterocycles. The predicted molar refractivity (Wildman–Crippen MR) is 63.8 cm³/mol. The van der Waals surface area contributed by atoms with Crippen LogP contribution in [0.25, 0.3) is 11.1 Å². The Morgan fingerprint density at radius 2 is 1.58 bits per heavy atom. The molecule has 2 aromatic carbocycles. The second-order valence-electron chi connectivity index (χ2n) is 3.84. The van der Waals surface area contributed by atoms with Crippen molar-refractivity contribution in [1.29, 1.82) is 0 Å². The number of hydrogen-bond acceptors (Lipinski definition) is 2. The number of Topliss-reactive ketones (excluding diaryl/α,β-unsaturated/α-hetero) is 1. The van der Waals surface area contributed by atoms with Gasteiger partial charge < -0.3 is 5.11 Å². The monoisotopic (exact) mass is 262 g/mol. The molecule has 0 unspecified atom stereocenters. The van der Waals surface area contributed by atoms with Crippen LogP contribution in [0.15, 0.2) is 42.5 Å². The topological polar surface area (TPSA) is 54.4 Å². The smallest absolute Gasteiger partial charge is 0.377 e. The minimum Gasteiger partial charge on any atom is -0.475 e. The van der Waals surface area contributed by atoms with E-state index in [-0.39, 0.29) is 5.56 Å². The van der Waals surface area contributed by atoms with Crippen molar-refractivity contribution in [2.75, 3.05) is 0 Å². The standard InChI is InChI=1S/C14H8F2O3/c15-11-5-4-9(7-12(11)16)8-2-1-3-10(6-8)13(17)14(18)19/h1-7H,(H,18,19). The van der Waals surface area contributed by atoms with Gasteiger partial charge in [-0.3, -0.25) is 4.79 Å². The van der Waals surface area contributed by atoms with Crippen molar-refractivity contribution in [3.63, 3.8) is 0 Å². The summed E-state index contributed by atoms with van der Waals surface area (Å²) in [5, 5.41) is 8.62. The molecule has 0 aliphatic carbocycles. The number of aliphatic carboxylic acids is 1. The van der Waals surface area contributed by atoms with Crippen molar-refractivity contribution in [1.82, 2.24) is 0 Å². The van der Waals surface area contributed by atoms with Crippen LogP contribution in [0.3, 0.4) is 0 Å². The zero-order valence-corrected chi connectivity index (χ0v) is 9.56. The first-order chi connectivity index (χ1) is 8.99. The van der Waals surface area contributed by atoms with Gasteiger partial charge in [0.05, 0.1) is 0 Å². The van der Waals surface area contributed by atoms with E-state index in [1.165, 1.54) is 24.3 Å². The summed E-state index contributed by atoms with van der Waals surface area (Å²) < 4.78 is 25.9. The molecule has 0 atom stereocenters. The van der Waals surface area contributed by atoms with E-state index in [0.717, 1.165) is 12.1 Å². The van der Waals surface area contributed by atoms with E-state index in [4.69, 9.17) is 5.11 Å². The van der Waals surface area contributed by atoms with Gasteiger partial charge in [0.1, 0.15) is 0 Å². The summed E-state index contributed by atoms with van der Waals surface area (Å²) in [5.41, 5.74) is 0.777. The molecule has 0 bridgehead atoms. The van der Waals surface area contributed by atoms with E-state index in [1.54, 1.807) is 6.07 Å². The lowest BCUT2D eigenvalue weighted by atomic mass is 10.0. The summed E-state index contributed by atoms with van der Waals surface area (Å²) >= 11 is 0. The SMILES string of the molecule is O=C(O)C(=O)c1cccc(-c2ccc(F)c(F)c2)c1. The summed E-state index contributed by atoms with van der Waals surface area (Å²) in [6, 6.07) is 9.03. The van der Waals surface area contributed by atoms with Gasteiger partial charge in [-0.15, -0.1) is 0 Å². The zero-order chi connectivity index (χ0) is 14.0. The number of rotatable bonds is 3. The third-order valence-electron chi connectivity index (χ3n) is 2.57. The Kier molecular flexibility index (Phi) is 3.37. The van der Waals surface area contributed by atoms with Crippen molar-refractivity contribution in [2.24, 2.45) is 0 Å². The molecule has 0 spiro atoms. The first-order valence-electron chi connectivity index (χ1n) is 5.32. The lowest BCUT2D eigenvalue weighted by molar-refractivity contribution is -0.131. The number of carbonyl (C=O) groups is 2. The first-order valence-corrected chi connectivity index (χ1v) is 5.32. The molecule has 2 aromatic rings. The lowest BCUT2D eigenvalue weighted by Gasteiger charge is -2.04. The van der Waals surface area contributed by atoms with E-state index in [9.17, 15) is 18.4 Å². The highest BCUT2D eigenvalue weighted by Gasteiger charge is 2.15. The average Bonchev–Trinajstić information content (AvgIpc) is 2.41. The molecular formula is C14H8F2O3. The zero-order valence-electron chi connectivity index (χ0n) is 9.56. The fourth-order valence-electron chi connectivity index (χ4n) is 1.64. The molecule has 19 heavy (non-hydrogen) atoms. The maximum Gasteiger partial charge on any atom is 0.377 e. The fourth-order valence-corrected chi connectivity index (χ4v) is 1.64. The lowest BCUT2D eigenvalue weighted by Crippen LogP contribution is -2.12. The minimum absolute atomic E-state index is 0.0188. The molecule has 0 saturated carbocycles. The molecule has 3 nitrogen and oxygen atoms in total. The van der Waals surface area contributed by atoms with E-state index in [2.05, 4.69) is 0 Å². The molecular weight excluding hydrogens is 254 g/mol. The summed E-state index contributed by atoms with van der Waals surface area (Å²) in [4.78, 5) is 21.9. The van der Waals surface area contributed by atoms with Crippen molar-refractivity contribution in [3.05, 3.63) is 59.7 Å². The molecule has 5 heteroatoms. The second kappa shape index (κ2) is 4.97. The van der Waals surface area contributed by atoms with E-state index >= 15 is 0 Å². The van der Waals surface area contributed by atoms with Gasteiger partial charge in [-0.1, -0.05) is 24.3 Å². The van der Waals surface area contributed by atoms with Crippen molar-refractivity contribution in [3.8, 4) is 11.1 Å². The average molecular weight is 262 g/mol. The van der Waals surface area contributed by atoms with Crippen LogP contribution < -0.4 is 0 Å². The summed E-state index contributed by atoms with van der Waals surface area (Å²) in [6.07, 6.45) is 0. The molecule has 96 valence electrons. The van der Waals surface area contributed by atoms with Crippen LogP contribution in [-0.2, 0) is 4.79 Å². The van der Waals surface area contributed by atoms with Crippen molar-refractivity contribution >= 4 is 11.8 Å². The molecule has 0 radical (unpaired) electrons. The number of carbonyl (C=O) groups excluding carboxylic acids is 1. The van der Waals surface area contributed by atoms with Gasteiger partial charge >= 0.3 is 5.97 Å². The maximum absolute atomic E-state index is 13.1. The van der Waals surface area contributed by atoms with Crippen molar-refractivity contribution in [2.45, 2.75) is 0 Å². The van der Waals surface area contributed by atoms with Gasteiger partial charge in [-0.25, -0.2) is 13.6 Å². The maximum atomic E-state index is 13.1. The third-order valence-corrected chi connectivity index (χ3v) is 2.57. The molecule has 0 aliphatic heterocycles. The third kappa shape index (κ3) is 2.65. The van der Waals surface area contributed by atoms with Gasteiger partial charge in [0.2, 0.25) is 0 Å². The Balaban J connectivity index is 2.46. The summed E-state index contributed by atoms with van der Waals surface area (Å²) in [5.74, 6) is -4.60. The van der Waals surface area contributed by atoms with Crippen LogP contribution in [-0.4, -0.2) is 16.9 Å². The number of carboxylic acids is 1. The second-order valence-corrected chi connectivity index (χ2v) is 3.84. The number of halogens is 2. The largest absolute Gasteiger partial charge is 0.475 e. The van der Waals surface area contributed by atoms with Crippen LogP contribution >= 0.6 is 0 Å². The minimum atomic E-state index is -1.57.